The summed E-state index contributed by atoms with van der Waals surface area (Å²) >= 11 is 0. The van der Waals surface area contributed by atoms with E-state index >= 15 is 0 Å². The van der Waals surface area contributed by atoms with E-state index in [4.69, 9.17) is 0 Å². The monoisotopic (exact) mass is 346 g/mol. The van der Waals surface area contributed by atoms with Gasteiger partial charge in [-0.25, -0.2) is 4.39 Å². The molecule has 1 aliphatic carbocycles. The molecule has 1 aromatic rings. The maximum Gasteiger partial charge on any atom is 0.239 e. The number of amides is 2. The summed E-state index contributed by atoms with van der Waals surface area (Å²) in [6.07, 6.45) is 8.29. The Labute approximate surface area is 149 Å². The van der Waals surface area contributed by atoms with E-state index in [0.29, 0.717) is 25.1 Å². The molecule has 0 aromatic heterocycles. The molecule has 4 nitrogen and oxygen atoms in total. The van der Waals surface area contributed by atoms with Crippen LogP contribution >= 0.6 is 0 Å². The molecule has 0 spiro atoms. The zero-order chi connectivity index (χ0) is 18.1. The van der Waals surface area contributed by atoms with Gasteiger partial charge in [0.2, 0.25) is 11.8 Å². The van der Waals surface area contributed by atoms with Gasteiger partial charge in [-0.2, -0.15) is 0 Å². The lowest BCUT2D eigenvalue weighted by Crippen LogP contribution is -2.41. The number of rotatable bonds is 8. The number of carbonyl (C=O) groups is 2. The van der Waals surface area contributed by atoms with Crippen LogP contribution in [-0.2, 0) is 16.0 Å². The van der Waals surface area contributed by atoms with Gasteiger partial charge < -0.3 is 10.2 Å². The SMILES string of the molecule is CC(=O)N(CCc1ccccc1F)CC(=O)NCCC1=CCCCC1. The molecule has 2 rings (SSSR count). The van der Waals surface area contributed by atoms with Crippen LogP contribution in [0.4, 0.5) is 4.39 Å². The first-order valence-corrected chi connectivity index (χ1v) is 9.00. The molecule has 0 bridgehead atoms. The number of allylic oxidation sites excluding steroid dienone is 1. The summed E-state index contributed by atoms with van der Waals surface area (Å²) in [7, 11) is 0. The number of benzene rings is 1. The highest BCUT2D eigenvalue weighted by Crippen LogP contribution is 2.19. The van der Waals surface area contributed by atoms with E-state index in [1.165, 1.54) is 36.3 Å². The summed E-state index contributed by atoms with van der Waals surface area (Å²) in [5, 5.41) is 2.88. The van der Waals surface area contributed by atoms with Gasteiger partial charge in [-0.1, -0.05) is 29.8 Å². The molecule has 0 aliphatic heterocycles. The maximum atomic E-state index is 13.7. The molecule has 0 radical (unpaired) electrons. The minimum absolute atomic E-state index is 0.0167. The van der Waals surface area contributed by atoms with Crippen molar-refractivity contribution in [2.45, 2.75) is 45.4 Å². The lowest BCUT2D eigenvalue weighted by atomic mass is 9.97. The van der Waals surface area contributed by atoms with Gasteiger partial charge in [0.05, 0.1) is 6.54 Å². The van der Waals surface area contributed by atoms with Gasteiger partial charge in [-0.3, -0.25) is 9.59 Å². The van der Waals surface area contributed by atoms with Crippen LogP contribution in [0, 0.1) is 5.82 Å². The molecule has 25 heavy (non-hydrogen) atoms. The molecule has 0 fully saturated rings. The molecule has 0 saturated carbocycles. The molecular weight excluding hydrogens is 319 g/mol. The summed E-state index contributed by atoms with van der Waals surface area (Å²) in [6, 6.07) is 6.51. The first kappa shape index (κ1) is 19.2. The Kier molecular flexibility index (Phi) is 7.64. The Balaban J connectivity index is 1.76. The van der Waals surface area contributed by atoms with Crippen molar-refractivity contribution in [1.29, 1.82) is 0 Å². The van der Waals surface area contributed by atoms with Crippen molar-refractivity contribution < 1.29 is 14.0 Å². The molecule has 1 aliphatic rings. The number of nitrogens with one attached hydrogen (secondary N) is 1. The predicted octanol–water partition coefficient (Wildman–Crippen LogP) is 3.22. The van der Waals surface area contributed by atoms with Crippen molar-refractivity contribution in [2.75, 3.05) is 19.6 Å². The third-order valence-electron chi connectivity index (χ3n) is 4.54. The van der Waals surface area contributed by atoms with Crippen LogP contribution in [0.2, 0.25) is 0 Å². The Hall–Kier alpha value is -2.17. The number of nitrogens with zero attached hydrogens (tertiary/aromatic N) is 1. The number of halogens is 1. The van der Waals surface area contributed by atoms with E-state index in [1.54, 1.807) is 18.2 Å². The maximum absolute atomic E-state index is 13.7. The fourth-order valence-electron chi connectivity index (χ4n) is 3.03. The summed E-state index contributed by atoms with van der Waals surface area (Å²) in [5.74, 6) is -0.627. The first-order chi connectivity index (χ1) is 12.1. The highest BCUT2D eigenvalue weighted by atomic mass is 19.1. The van der Waals surface area contributed by atoms with E-state index in [2.05, 4.69) is 11.4 Å². The molecule has 1 N–H and O–H groups in total. The Morgan fingerprint density at radius 2 is 2.00 bits per heavy atom. The Morgan fingerprint density at radius 3 is 2.68 bits per heavy atom. The molecule has 5 heteroatoms. The van der Waals surface area contributed by atoms with Gasteiger partial charge >= 0.3 is 0 Å². The van der Waals surface area contributed by atoms with Crippen LogP contribution in [0.25, 0.3) is 0 Å². The molecule has 0 saturated heterocycles. The zero-order valence-corrected chi connectivity index (χ0v) is 14.9. The molecular formula is C20H27FN2O2. The average Bonchev–Trinajstić information content (AvgIpc) is 2.60. The summed E-state index contributed by atoms with van der Waals surface area (Å²) in [5.41, 5.74) is 1.97. The minimum atomic E-state index is -0.281. The van der Waals surface area contributed by atoms with Gasteiger partial charge in [0.1, 0.15) is 5.82 Å². The quantitative estimate of drug-likeness (QED) is 0.735. The number of hydrogen-bond acceptors (Lipinski definition) is 2. The highest BCUT2D eigenvalue weighted by Gasteiger charge is 2.14. The van der Waals surface area contributed by atoms with Crippen molar-refractivity contribution in [3.05, 3.63) is 47.3 Å². The van der Waals surface area contributed by atoms with Crippen molar-refractivity contribution in [3.63, 3.8) is 0 Å². The zero-order valence-electron chi connectivity index (χ0n) is 14.9. The highest BCUT2D eigenvalue weighted by molar-refractivity contribution is 5.83. The molecule has 0 atom stereocenters. The fraction of sp³-hybridized carbons (Fsp3) is 0.500. The van der Waals surface area contributed by atoms with Gasteiger partial charge in [0.25, 0.3) is 0 Å². The third kappa shape index (κ3) is 6.69. The van der Waals surface area contributed by atoms with Crippen LogP contribution in [0.3, 0.4) is 0 Å². The van der Waals surface area contributed by atoms with E-state index < -0.39 is 0 Å². The van der Waals surface area contributed by atoms with Crippen LogP contribution in [-0.4, -0.2) is 36.3 Å². The van der Waals surface area contributed by atoms with Crippen molar-refractivity contribution in [1.82, 2.24) is 10.2 Å². The summed E-state index contributed by atoms with van der Waals surface area (Å²) < 4.78 is 13.7. The second-order valence-electron chi connectivity index (χ2n) is 6.49. The normalized spacial score (nSPS) is 13.9. The smallest absolute Gasteiger partial charge is 0.239 e. The van der Waals surface area contributed by atoms with E-state index in [9.17, 15) is 14.0 Å². The predicted molar refractivity (Wildman–Crippen MR) is 96.5 cm³/mol. The topological polar surface area (TPSA) is 49.4 Å². The minimum Gasteiger partial charge on any atom is -0.354 e. The van der Waals surface area contributed by atoms with Crippen molar-refractivity contribution >= 4 is 11.8 Å². The first-order valence-electron chi connectivity index (χ1n) is 9.00. The second-order valence-corrected chi connectivity index (χ2v) is 6.49. The van der Waals surface area contributed by atoms with E-state index in [1.807, 2.05) is 0 Å². The standard InChI is InChI=1S/C20H27FN2O2/c1-16(24)23(14-12-18-9-5-6-10-19(18)21)15-20(25)22-13-11-17-7-3-2-4-8-17/h5-7,9-10H,2-4,8,11-15H2,1H3,(H,22,25). The van der Waals surface area contributed by atoms with Gasteiger partial charge in [0, 0.05) is 20.0 Å². The second kappa shape index (κ2) is 9.97. The molecule has 0 heterocycles. The van der Waals surface area contributed by atoms with E-state index in [0.717, 1.165) is 19.3 Å². The lowest BCUT2D eigenvalue weighted by Gasteiger charge is -2.21. The van der Waals surface area contributed by atoms with Crippen LogP contribution in [0.5, 0.6) is 0 Å². The average molecular weight is 346 g/mol. The van der Waals surface area contributed by atoms with Gasteiger partial charge in [-0.05, 0) is 50.2 Å². The number of carbonyl (C=O) groups excluding carboxylic acids is 2. The van der Waals surface area contributed by atoms with Gasteiger partial charge in [-0.15, -0.1) is 0 Å². The number of hydrogen-bond donors (Lipinski definition) is 1. The van der Waals surface area contributed by atoms with Crippen LogP contribution in [0.15, 0.2) is 35.9 Å². The van der Waals surface area contributed by atoms with E-state index in [-0.39, 0.29) is 24.2 Å². The fourth-order valence-corrected chi connectivity index (χ4v) is 3.03. The molecule has 1 aromatic carbocycles. The van der Waals surface area contributed by atoms with Gasteiger partial charge in [0.15, 0.2) is 0 Å². The Bertz CT molecular complexity index is 628. The molecule has 136 valence electrons. The van der Waals surface area contributed by atoms with Crippen molar-refractivity contribution in [2.24, 2.45) is 0 Å². The largest absolute Gasteiger partial charge is 0.354 e. The summed E-state index contributed by atoms with van der Waals surface area (Å²) in [6.45, 7) is 2.38. The Morgan fingerprint density at radius 1 is 1.20 bits per heavy atom. The van der Waals surface area contributed by atoms with Crippen LogP contribution < -0.4 is 5.32 Å². The molecule has 0 unspecified atom stereocenters. The van der Waals surface area contributed by atoms with Crippen molar-refractivity contribution in [3.8, 4) is 0 Å². The third-order valence-corrected chi connectivity index (χ3v) is 4.54. The van der Waals surface area contributed by atoms with Crippen LogP contribution in [0.1, 0.15) is 44.6 Å². The molecule has 2 amide bonds. The summed E-state index contributed by atoms with van der Waals surface area (Å²) in [4.78, 5) is 25.3. The lowest BCUT2D eigenvalue weighted by molar-refractivity contribution is -0.134.